The lowest BCUT2D eigenvalue weighted by atomic mass is 9.78. The average Bonchev–Trinajstić information content (AvgIpc) is 3.12. The Labute approximate surface area is 216 Å². The molecular formula is C26H28F2N4O6. The van der Waals surface area contributed by atoms with E-state index in [2.05, 4.69) is 10.5 Å². The molecule has 0 radical (unpaired) electrons. The molecule has 1 unspecified atom stereocenters. The molecule has 202 valence electrons. The summed E-state index contributed by atoms with van der Waals surface area (Å²) in [6.07, 6.45) is 2.26. The standard InChI is InChI=1S/C26H28F2N4O6/c1-12-7-17(27)15(18(28)8-12)9-29-23(35)16-10-32-19-11-31(25(36)20(32)22(34)21(16)33)13(2)5-6-26(19)14(3)24(37-4)30-38-26/h7-8,10,13-14,19,34H,5-6,9,11H2,1-4H3,(H,29,35)/t13-,14?,19+,26-/m0/s1. The number of rotatable bonds is 3. The number of oxime groups is 1. The average molecular weight is 531 g/mol. The van der Waals surface area contributed by atoms with Crippen LogP contribution in [0.4, 0.5) is 8.78 Å². The third kappa shape index (κ3) is 3.72. The van der Waals surface area contributed by atoms with Crippen LogP contribution in [0.2, 0.25) is 0 Å². The Morgan fingerprint density at radius 2 is 1.97 bits per heavy atom. The zero-order valence-corrected chi connectivity index (χ0v) is 21.4. The van der Waals surface area contributed by atoms with Gasteiger partial charge < -0.3 is 29.5 Å². The lowest BCUT2D eigenvalue weighted by Gasteiger charge is -2.43. The number of benzene rings is 1. The van der Waals surface area contributed by atoms with Gasteiger partial charge in [0.1, 0.15) is 17.2 Å². The molecule has 38 heavy (non-hydrogen) atoms. The number of aromatic hydroxyl groups is 1. The van der Waals surface area contributed by atoms with Crippen molar-refractivity contribution in [2.24, 2.45) is 11.1 Å². The van der Waals surface area contributed by atoms with E-state index in [9.17, 15) is 28.3 Å². The number of nitrogens with zero attached hydrogens (tertiary/aromatic N) is 3. The van der Waals surface area contributed by atoms with Crippen LogP contribution in [0.1, 0.15) is 64.7 Å². The smallest absolute Gasteiger partial charge is 0.274 e. The molecule has 4 atom stereocenters. The maximum Gasteiger partial charge on any atom is 0.274 e. The maximum atomic E-state index is 14.3. The predicted octanol–water partition coefficient (Wildman–Crippen LogP) is 2.61. The van der Waals surface area contributed by atoms with Crippen molar-refractivity contribution < 1.29 is 33.1 Å². The summed E-state index contributed by atoms with van der Waals surface area (Å²) in [6, 6.07) is 1.43. The van der Waals surface area contributed by atoms with E-state index < -0.39 is 58.4 Å². The van der Waals surface area contributed by atoms with Crippen LogP contribution in [0.5, 0.6) is 5.75 Å². The van der Waals surface area contributed by atoms with E-state index in [0.717, 1.165) is 12.1 Å². The van der Waals surface area contributed by atoms with Crippen molar-refractivity contribution in [3.8, 4) is 5.75 Å². The normalized spacial score (nSPS) is 25.9. The Balaban J connectivity index is 1.57. The van der Waals surface area contributed by atoms with Gasteiger partial charge in [0.05, 0.1) is 19.1 Å². The Morgan fingerprint density at radius 3 is 2.61 bits per heavy atom. The molecule has 1 fully saturated rings. The van der Waals surface area contributed by atoms with Crippen molar-refractivity contribution in [3.63, 3.8) is 0 Å². The summed E-state index contributed by atoms with van der Waals surface area (Å²) in [5, 5.41) is 17.4. The molecule has 3 aliphatic heterocycles. The largest absolute Gasteiger partial charge is 0.503 e. The van der Waals surface area contributed by atoms with Crippen LogP contribution in [0.3, 0.4) is 0 Å². The lowest BCUT2D eigenvalue weighted by Crippen LogP contribution is -2.54. The molecule has 4 heterocycles. The molecular weight excluding hydrogens is 502 g/mol. The van der Waals surface area contributed by atoms with Gasteiger partial charge in [-0.25, -0.2) is 8.78 Å². The molecule has 1 spiro atoms. The van der Waals surface area contributed by atoms with Crippen molar-refractivity contribution in [1.29, 1.82) is 0 Å². The fraction of sp³-hybridized carbons (Fsp3) is 0.462. The fourth-order valence-corrected chi connectivity index (χ4v) is 5.74. The first-order chi connectivity index (χ1) is 18.0. The van der Waals surface area contributed by atoms with Crippen molar-refractivity contribution in [1.82, 2.24) is 14.8 Å². The minimum absolute atomic E-state index is 0.188. The number of aromatic nitrogens is 1. The number of halogens is 2. The number of aryl methyl sites for hydroxylation is 1. The molecule has 1 saturated heterocycles. The summed E-state index contributed by atoms with van der Waals surface area (Å²) in [5.74, 6) is -4.03. The topological polar surface area (TPSA) is 122 Å². The number of carbonyl (C=O) groups excluding carboxylic acids is 2. The summed E-state index contributed by atoms with van der Waals surface area (Å²) < 4.78 is 35.3. The molecule has 0 saturated carbocycles. The van der Waals surface area contributed by atoms with Crippen LogP contribution >= 0.6 is 0 Å². The highest BCUT2D eigenvalue weighted by atomic mass is 19.1. The molecule has 1 aromatic heterocycles. The summed E-state index contributed by atoms with van der Waals surface area (Å²) in [7, 11) is 1.48. The van der Waals surface area contributed by atoms with Crippen LogP contribution < -0.4 is 10.7 Å². The van der Waals surface area contributed by atoms with Gasteiger partial charge in [-0.2, -0.15) is 0 Å². The van der Waals surface area contributed by atoms with E-state index in [4.69, 9.17) is 9.57 Å². The van der Waals surface area contributed by atoms with E-state index in [1.165, 1.54) is 24.8 Å². The Kier molecular flexibility index (Phi) is 6.15. The molecule has 1 aromatic carbocycles. The van der Waals surface area contributed by atoms with Crippen molar-refractivity contribution in [3.05, 3.63) is 62.6 Å². The number of amides is 2. The quantitative estimate of drug-likeness (QED) is 0.629. The first-order valence-electron chi connectivity index (χ1n) is 12.3. The third-order valence-electron chi connectivity index (χ3n) is 8.00. The highest BCUT2D eigenvalue weighted by Gasteiger charge is 2.58. The second kappa shape index (κ2) is 9.10. The van der Waals surface area contributed by atoms with E-state index >= 15 is 0 Å². The van der Waals surface area contributed by atoms with Gasteiger partial charge in [0.2, 0.25) is 11.3 Å². The van der Waals surface area contributed by atoms with Crippen LogP contribution in [-0.2, 0) is 16.1 Å². The van der Waals surface area contributed by atoms with Gasteiger partial charge in [-0.15, -0.1) is 0 Å². The summed E-state index contributed by atoms with van der Waals surface area (Å²) in [4.78, 5) is 47.1. The second-order valence-corrected chi connectivity index (χ2v) is 10.1. The highest BCUT2D eigenvalue weighted by molar-refractivity contribution is 5.99. The van der Waals surface area contributed by atoms with E-state index in [1.807, 2.05) is 13.8 Å². The molecule has 2 amide bonds. The van der Waals surface area contributed by atoms with Crippen LogP contribution in [-0.4, -0.2) is 57.6 Å². The number of carbonyl (C=O) groups is 2. The van der Waals surface area contributed by atoms with Gasteiger partial charge in [0.15, 0.2) is 17.0 Å². The number of fused-ring (bicyclic) bond motifs is 5. The fourth-order valence-electron chi connectivity index (χ4n) is 5.74. The number of hydrogen-bond acceptors (Lipinski definition) is 7. The van der Waals surface area contributed by atoms with Crippen molar-refractivity contribution in [2.45, 2.75) is 57.8 Å². The van der Waals surface area contributed by atoms with Crippen LogP contribution in [0.15, 0.2) is 28.3 Å². The molecule has 5 rings (SSSR count). The van der Waals surface area contributed by atoms with E-state index in [-0.39, 0.29) is 29.8 Å². The maximum absolute atomic E-state index is 14.3. The van der Waals surface area contributed by atoms with Gasteiger partial charge in [-0.05, 0) is 51.3 Å². The van der Waals surface area contributed by atoms with Crippen molar-refractivity contribution >= 4 is 17.7 Å². The van der Waals surface area contributed by atoms with Crippen LogP contribution in [0, 0.1) is 24.5 Å². The summed E-state index contributed by atoms with van der Waals surface area (Å²) >= 11 is 0. The monoisotopic (exact) mass is 530 g/mol. The van der Waals surface area contributed by atoms with Gasteiger partial charge in [-0.3, -0.25) is 14.4 Å². The number of hydrogen-bond donors (Lipinski definition) is 2. The van der Waals surface area contributed by atoms with Crippen molar-refractivity contribution in [2.75, 3.05) is 13.7 Å². The lowest BCUT2D eigenvalue weighted by molar-refractivity contribution is -0.0866. The molecule has 3 aliphatic rings. The van der Waals surface area contributed by atoms with Crippen LogP contribution in [0.25, 0.3) is 0 Å². The Morgan fingerprint density at radius 1 is 1.29 bits per heavy atom. The molecule has 2 aromatic rings. The van der Waals surface area contributed by atoms with Gasteiger partial charge in [-0.1, -0.05) is 5.16 Å². The van der Waals surface area contributed by atoms with Gasteiger partial charge in [0, 0.05) is 30.9 Å². The van der Waals surface area contributed by atoms with Gasteiger partial charge in [0.25, 0.3) is 11.8 Å². The zero-order chi connectivity index (χ0) is 27.5. The first-order valence-corrected chi connectivity index (χ1v) is 12.3. The minimum Gasteiger partial charge on any atom is -0.503 e. The van der Waals surface area contributed by atoms with E-state index in [0.29, 0.717) is 24.3 Å². The van der Waals surface area contributed by atoms with Gasteiger partial charge >= 0.3 is 0 Å². The molecule has 2 bridgehead atoms. The number of nitrogens with one attached hydrogen (secondary N) is 1. The second-order valence-electron chi connectivity index (χ2n) is 10.1. The predicted molar refractivity (Wildman–Crippen MR) is 131 cm³/mol. The Hall–Kier alpha value is -3.96. The molecule has 2 N–H and O–H groups in total. The summed E-state index contributed by atoms with van der Waals surface area (Å²) in [5.41, 5.74) is -2.77. The first kappa shape index (κ1) is 25.7. The number of methoxy groups -OCH3 is 1. The number of ether oxygens (including phenoxy) is 1. The number of pyridine rings is 1. The third-order valence-corrected chi connectivity index (χ3v) is 8.00. The Bertz CT molecular complexity index is 1420. The minimum atomic E-state index is -1.07. The zero-order valence-electron chi connectivity index (χ0n) is 21.4. The molecule has 10 nitrogen and oxygen atoms in total. The summed E-state index contributed by atoms with van der Waals surface area (Å²) in [6.45, 7) is 4.95. The highest BCUT2D eigenvalue weighted by Crippen LogP contribution is 2.48. The van der Waals surface area contributed by atoms with E-state index in [1.54, 1.807) is 4.90 Å². The molecule has 0 aliphatic carbocycles. The molecule has 12 heteroatoms. The SMILES string of the molecule is COC1=NO[C@@]2(CC[C@H](C)N3C[C@H]2n2cc(C(=O)NCc4c(F)cc(C)cc4F)c(=O)c(O)c2C3=O)C1C.